The quantitative estimate of drug-likeness (QED) is 0.233. The van der Waals surface area contributed by atoms with Crippen molar-refractivity contribution < 1.29 is 13.2 Å². The van der Waals surface area contributed by atoms with E-state index < -0.39 is 9.84 Å². The predicted molar refractivity (Wildman–Crippen MR) is 126 cm³/mol. The lowest BCUT2D eigenvalue weighted by Crippen LogP contribution is -2.52. The Labute approximate surface area is 190 Å². The molecule has 0 atom stereocenters. The van der Waals surface area contributed by atoms with Crippen LogP contribution in [0.15, 0.2) is 29.3 Å². The summed E-state index contributed by atoms with van der Waals surface area (Å²) in [4.78, 5) is 8.98. The second kappa shape index (κ2) is 12.8. The molecule has 0 unspecified atom stereocenters. The minimum absolute atomic E-state index is 0. The summed E-state index contributed by atoms with van der Waals surface area (Å²) >= 11 is 5.94. The van der Waals surface area contributed by atoms with Crippen LogP contribution < -0.4 is 5.32 Å². The van der Waals surface area contributed by atoms with Gasteiger partial charge in [0.15, 0.2) is 5.96 Å². The maximum absolute atomic E-state index is 11.1. The monoisotopic (exact) mass is 544 g/mol. The lowest BCUT2D eigenvalue weighted by atomic mass is 10.2. The maximum Gasteiger partial charge on any atom is 0.193 e. The van der Waals surface area contributed by atoms with Crippen LogP contribution in [-0.2, 0) is 21.1 Å². The summed E-state index contributed by atoms with van der Waals surface area (Å²) in [7, 11) is -1.20. The number of aliphatic imine (C=N–C) groups is 1. The summed E-state index contributed by atoms with van der Waals surface area (Å²) in [6.07, 6.45) is 1.21. The third-order valence-corrected chi connectivity index (χ3v) is 5.49. The van der Waals surface area contributed by atoms with Gasteiger partial charge in [-0.15, -0.1) is 24.0 Å². The Morgan fingerprint density at radius 3 is 2.39 bits per heavy atom. The van der Waals surface area contributed by atoms with E-state index in [1.165, 1.54) is 11.8 Å². The van der Waals surface area contributed by atoms with Crippen molar-refractivity contribution in [3.8, 4) is 0 Å². The SMILES string of the molecule is CN=C(NCCOCCS(C)(=O)=O)N1CCN(Cc2ccc(Cl)cc2)CC1.I. The molecule has 1 aliphatic heterocycles. The number of guanidine groups is 1. The molecule has 0 radical (unpaired) electrons. The number of hydrogen-bond donors (Lipinski definition) is 1. The number of nitrogens with one attached hydrogen (secondary N) is 1. The fourth-order valence-electron chi connectivity index (χ4n) is 2.85. The molecule has 2 rings (SSSR count). The normalized spacial score (nSPS) is 16.0. The van der Waals surface area contributed by atoms with Gasteiger partial charge < -0.3 is 15.0 Å². The van der Waals surface area contributed by atoms with Crippen molar-refractivity contribution in [2.24, 2.45) is 4.99 Å². The first-order valence-electron chi connectivity index (χ1n) is 9.05. The fraction of sp³-hybridized carbons (Fsp3) is 0.611. The Bertz CT molecular complexity index is 708. The molecule has 1 aromatic rings. The van der Waals surface area contributed by atoms with Crippen molar-refractivity contribution in [2.75, 3.05) is 65.0 Å². The largest absolute Gasteiger partial charge is 0.379 e. The van der Waals surface area contributed by atoms with Crippen molar-refractivity contribution in [1.29, 1.82) is 0 Å². The van der Waals surface area contributed by atoms with E-state index >= 15 is 0 Å². The highest BCUT2D eigenvalue weighted by Gasteiger charge is 2.19. The van der Waals surface area contributed by atoms with Gasteiger partial charge in [0.2, 0.25) is 0 Å². The van der Waals surface area contributed by atoms with E-state index in [1.54, 1.807) is 7.05 Å². The standard InChI is InChI=1S/C18H29ClN4O3S.HI/c1-20-18(21-7-12-26-13-14-27(2,24)25)23-10-8-22(9-11-23)15-16-3-5-17(19)6-4-16;/h3-6H,7-15H2,1-2H3,(H,20,21);1H. The van der Waals surface area contributed by atoms with Crippen LogP contribution in [-0.4, -0.2) is 89.2 Å². The summed E-state index contributed by atoms with van der Waals surface area (Å²) in [5, 5.41) is 4.04. The first kappa shape index (κ1) is 25.4. The van der Waals surface area contributed by atoms with Crippen LogP contribution in [0.5, 0.6) is 0 Å². The van der Waals surface area contributed by atoms with Gasteiger partial charge in [0.05, 0.1) is 19.0 Å². The average Bonchev–Trinajstić information content (AvgIpc) is 2.63. The second-order valence-electron chi connectivity index (χ2n) is 6.61. The molecule has 7 nitrogen and oxygen atoms in total. The number of piperazine rings is 1. The number of sulfone groups is 1. The Morgan fingerprint density at radius 1 is 1.18 bits per heavy atom. The molecule has 1 aromatic carbocycles. The zero-order valence-electron chi connectivity index (χ0n) is 16.4. The third kappa shape index (κ3) is 9.73. The smallest absolute Gasteiger partial charge is 0.193 e. The zero-order chi connectivity index (χ0) is 19.7. The number of hydrogen-bond acceptors (Lipinski definition) is 5. The van der Waals surface area contributed by atoms with E-state index in [0.717, 1.165) is 43.7 Å². The fourth-order valence-corrected chi connectivity index (χ4v) is 3.39. The van der Waals surface area contributed by atoms with E-state index in [4.69, 9.17) is 16.3 Å². The van der Waals surface area contributed by atoms with Gasteiger partial charge in [-0.1, -0.05) is 23.7 Å². The van der Waals surface area contributed by atoms with Gasteiger partial charge in [0, 0.05) is 57.6 Å². The number of benzene rings is 1. The molecular weight excluding hydrogens is 515 g/mol. The van der Waals surface area contributed by atoms with Crippen LogP contribution in [0.4, 0.5) is 0 Å². The third-order valence-electron chi connectivity index (χ3n) is 4.33. The Morgan fingerprint density at radius 2 is 1.82 bits per heavy atom. The van der Waals surface area contributed by atoms with Crippen molar-refractivity contribution in [1.82, 2.24) is 15.1 Å². The van der Waals surface area contributed by atoms with E-state index in [2.05, 4.69) is 32.2 Å². The number of halogens is 2. The van der Waals surface area contributed by atoms with Crippen molar-refractivity contribution in [3.05, 3.63) is 34.9 Å². The van der Waals surface area contributed by atoms with Crippen molar-refractivity contribution in [3.63, 3.8) is 0 Å². The van der Waals surface area contributed by atoms with E-state index in [9.17, 15) is 8.42 Å². The lowest BCUT2D eigenvalue weighted by Gasteiger charge is -2.36. The Kier molecular flexibility index (Phi) is 11.7. The summed E-state index contributed by atoms with van der Waals surface area (Å²) in [6.45, 7) is 5.94. The maximum atomic E-state index is 11.1. The van der Waals surface area contributed by atoms with Crippen LogP contribution in [0.25, 0.3) is 0 Å². The average molecular weight is 545 g/mol. The molecule has 1 fully saturated rings. The Hall–Kier alpha value is -0.620. The number of ether oxygens (including phenoxy) is 1. The molecule has 1 aliphatic rings. The van der Waals surface area contributed by atoms with E-state index in [1.807, 2.05) is 12.1 Å². The van der Waals surface area contributed by atoms with Gasteiger partial charge >= 0.3 is 0 Å². The molecular formula is C18H30ClIN4O3S. The van der Waals surface area contributed by atoms with Gasteiger partial charge in [-0.2, -0.15) is 0 Å². The van der Waals surface area contributed by atoms with Crippen LogP contribution in [0.3, 0.4) is 0 Å². The first-order valence-corrected chi connectivity index (χ1v) is 11.5. The summed E-state index contributed by atoms with van der Waals surface area (Å²) < 4.78 is 27.5. The van der Waals surface area contributed by atoms with Crippen LogP contribution in [0.1, 0.15) is 5.56 Å². The molecule has 0 aromatic heterocycles. The summed E-state index contributed by atoms with van der Waals surface area (Å²) in [5.41, 5.74) is 1.27. The molecule has 1 N–H and O–H groups in total. The predicted octanol–water partition coefficient (Wildman–Crippen LogP) is 1.71. The van der Waals surface area contributed by atoms with E-state index in [0.29, 0.717) is 13.2 Å². The van der Waals surface area contributed by atoms with Gasteiger partial charge in [-0.05, 0) is 17.7 Å². The topological polar surface area (TPSA) is 74.2 Å². The van der Waals surface area contributed by atoms with Crippen molar-refractivity contribution in [2.45, 2.75) is 6.54 Å². The Balaban J connectivity index is 0.00000392. The van der Waals surface area contributed by atoms with Crippen LogP contribution in [0, 0.1) is 0 Å². The molecule has 28 heavy (non-hydrogen) atoms. The molecule has 10 heteroatoms. The van der Waals surface area contributed by atoms with Gasteiger partial charge in [-0.3, -0.25) is 9.89 Å². The zero-order valence-corrected chi connectivity index (χ0v) is 20.3. The van der Waals surface area contributed by atoms with Gasteiger partial charge in [0.1, 0.15) is 9.84 Å². The van der Waals surface area contributed by atoms with Crippen molar-refractivity contribution >= 4 is 51.4 Å². The minimum Gasteiger partial charge on any atom is -0.379 e. The summed E-state index contributed by atoms with van der Waals surface area (Å²) in [6, 6.07) is 7.99. The molecule has 1 saturated heterocycles. The molecule has 0 aliphatic carbocycles. The number of rotatable bonds is 8. The molecule has 0 amide bonds. The molecule has 160 valence electrons. The highest BCUT2D eigenvalue weighted by atomic mass is 127. The van der Waals surface area contributed by atoms with Crippen LogP contribution in [0.2, 0.25) is 5.02 Å². The van der Waals surface area contributed by atoms with Crippen LogP contribution >= 0.6 is 35.6 Å². The molecule has 0 bridgehead atoms. The molecule has 1 heterocycles. The second-order valence-corrected chi connectivity index (χ2v) is 9.30. The lowest BCUT2D eigenvalue weighted by molar-refractivity contribution is 0.150. The molecule has 0 saturated carbocycles. The highest BCUT2D eigenvalue weighted by molar-refractivity contribution is 14.0. The molecule has 0 spiro atoms. The number of nitrogens with zero attached hydrogens (tertiary/aromatic N) is 3. The van der Waals surface area contributed by atoms with Gasteiger partial charge in [-0.25, -0.2) is 8.42 Å². The first-order chi connectivity index (χ1) is 12.9. The highest BCUT2D eigenvalue weighted by Crippen LogP contribution is 2.13. The van der Waals surface area contributed by atoms with Gasteiger partial charge in [0.25, 0.3) is 0 Å². The van der Waals surface area contributed by atoms with E-state index in [-0.39, 0.29) is 36.3 Å². The summed E-state index contributed by atoms with van der Waals surface area (Å²) in [5.74, 6) is 0.907. The minimum atomic E-state index is -2.97.